The predicted molar refractivity (Wildman–Crippen MR) is 118 cm³/mol. The van der Waals surface area contributed by atoms with Crippen molar-refractivity contribution in [3.63, 3.8) is 0 Å². The van der Waals surface area contributed by atoms with E-state index in [1.54, 1.807) is 0 Å². The van der Waals surface area contributed by atoms with Gasteiger partial charge in [0.1, 0.15) is 0 Å². The molecule has 0 aliphatic rings. The minimum atomic E-state index is -1.94. The highest BCUT2D eigenvalue weighted by Crippen LogP contribution is 2.45. The van der Waals surface area contributed by atoms with Crippen molar-refractivity contribution >= 4 is 8.32 Å². The van der Waals surface area contributed by atoms with Gasteiger partial charge in [-0.25, -0.2) is 0 Å². The smallest absolute Gasteiger partial charge is 0.201 e. The van der Waals surface area contributed by atoms with Crippen molar-refractivity contribution in [2.24, 2.45) is 5.41 Å². The normalized spacial score (nSPS) is 13.7. The largest absolute Gasteiger partial charge is 0.409 e. The van der Waals surface area contributed by atoms with Gasteiger partial charge in [-0.05, 0) is 28.8 Å². The van der Waals surface area contributed by atoms with Crippen LogP contribution in [-0.4, -0.2) is 14.4 Å². The molecule has 26 heavy (non-hydrogen) atoms. The number of benzene rings is 1. The molecule has 2 heteroatoms. The molecule has 0 saturated carbocycles. The first-order valence-corrected chi connectivity index (χ1v) is 12.1. The molecule has 1 aromatic rings. The second kappa shape index (κ2) is 9.58. The molecule has 0 heterocycles. The van der Waals surface area contributed by atoms with E-state index in [1.807, 2.05) is 24.3 Å². The summed E-state index contributed by atoms with van der Waals surface area (Å²) < 4.78 is 6.99. The van der Waals surface area contributed by atoms with Gasteiger partial charge in [-0.1, -0.05) is 91.5 Å². The third-order valence-electron chi connectivity index (χ3n) is 5.57. The predicted octanol–water partition coefficient (Wildman–Crippen LogP) is 7.20. The van der Waals surface area contributed by atoms with Crippen molar-refractivity contribution in [1.82, 2.24) is 0 Å². The maximum absolute atomic E-state index is 6.99. The third-order valence-corrected chi connectivity index (χ3v) is 11.6. The molecular formula is C24H38OSi. The zero-order chi connectivity index (χ0) is 20.0. The molecule has 144 valence electrons. The first-order valence-electron chi connectivity index (χ1n) is 9.92. The van der Waals surface area contributed by atoms with E-state index in [0.29, 0.717) is 16.6 Å². The SMILES string of the molecule is C=CC(O[Si](C(C)C)(C(C)C)C(C)C)C(C)(C)CC#Cc1ccccc1. The first kappa shape index (κ1) is 22.7. The van der Waals surface area contributed by atoms with Crippen molar-refractivity contribution in [3.8, 4) is 11.8 Å². The molecule has 1 nitrogen and oxygen atoms in total. The molecule has 0 aromatic heterocycles. The van der Waals surface area contributed by atoms with E-state index in [9.17, 15) is 0 Å². The monoisotopic (exact) mass is 370 g/mol. The summed E-state index contributed by atoms with van der Waals surface area (Å²) in [6.07, 6.45) is 2.81. The van der Waals surface area contributed by atoms with Gasteiger partial charge >= 0.3 is 0 Å². The lowest BCUT2D eigenvalue weighted by atomic mass is 9.83. The summed E-state index contributed by atoms with van der Waals surface area (Å²) in [7, 11) is -1.94. The summed E-state index contributed by atoms with van der Waals surface area (Å²) in [6.45, 7) is 22.6. The van der Waals surface area contributed by atoms with Crippen LogP contribution in [-0.2, 0) is 4.43 Å². The van der Waals surface area contributed by atoms with Gasteiger partial charge in [0, 0.05) is 17.4 Å². The lowest BCUT2D eigenvalue weighted by molar-refractivity contribution is 0.0987. The van der Waals surface area contributed by atoms with Gasteiger partial charge in [-0.15, -0.1) is 6.58 Å². The van der Waals surface area contributed by atoms with Crippen LogP contribution in [0.3, 0.4) is 0 Å². The van der Waals surface area contributed by atoms with Crippen LogP contribution in [0.5, 0.6) is 0 Å². The molecule has 0 bridgehead atoms. The zero-order valence-electron chi connectivity index (χ0n) is 18.1. The fourth-order valence-electron chi connectivity index (χ4n) is 4.15. The van der Waals surface area contributed by atoms with Gasteiger partial charge in [0.25, 0.3) is 0 Å². The van der Waals surface area contributed by atoms with Crippen molar-refractivity contribution < 1.29 is 4.43 Å². The topological polar surface area (TPSA) is 9.23 Å². The zero-order valence-corrected chi connectivity index (χ0v) is 19.1. The fraction of sp³-hybridized carbons (Fsp3) is 0.583. The highest BCUT2D eigenvalue weighted by Gasteiger charge is 2.48. The van der Waals surface area contributed by atoms with Gasteiger partial charge in [0.15, 0.2) is 0 Å². The molecular weight excluding hydrogens is 332 g/mol. The number of hydrogen-bond acceptors (Lipinski definition) is 1. The van der Waals surface area contributed by atoms with Crippen molar-refractivity contribution in [2.75, 3.05) is 0 Å². The van der Waals surface area contributed by atoms with Gasteiger partial charge in [-0.3, -0.25) is 0 Å². The van der Waals surface area contributed by atoms with Gasteiger partial charge in [-0.2, -0.15) is 0 Å². The maximum Gasteiger partial charge on any atom is 0.201 e. The molecule has 0 saturated heterocycles. The van der Waals surface area contributed by atoms with E-state index < -0.39 is 8.32 Å². The van der Waals surface area contributed by atoms with Crippen LogP contribution in [0, 0.1) is 17.3 Å². The van der Waals surface area contributed by atoms with Crippen LogP contribution < -0.4 is 0 Å². The molecule has 0 spiro atoms. The molecule has 1 aromatic carbocycles. The average Bonchev–Trinajstić information content (AvgIpc) is 2.55. The molecule has 1 atom stereocenters. The van der Waals surface area contributed by atoms with E-state index >= 15 is 0 Å². The van der Waals surface area contributed by atoms with Crippen LogP contribution in [0.1, 0.15) is 67.4 Å². The van der Waals surface area contributed by atoms with Gasteiger partial charge in [0.2, 0.25) is 8.32 Å². The molecule has 0 amide bonds. The Bertz CT molecular complexity index is 595. The number of rotatable bonds is 8. The molecule has 1 unspecified atom stereocenters. The number of hydrogen-bond donors (Lipinski definition) is 0. The minimum absolute atomic E-state index is 0.0199. The Balaban J connectivity index is 3.04. The second-order valence-electron chi connectivity index (χ2n) is 8.92. The Morgan fingerprint density at radius 2 is 1.50 bits per heavy atom. The average molecular weight is 371 g/mol. The van der Waals surface area contributed by atoms with Crippen LogP contribution >= 0.6 is 0 Å². The van der Waals surface area contributed by atoms with Crippen LogP contribution in [0.25, 0.3) is 0 Å². The summed E-state index contributed by atoms with van der Waals surface area (Å²) >= 11 is 0. The Morgan fingerprint density at radius 3 is 1.92 bits per heavy atom. The Morgan fingerprint density at radius 1 is 1.00 bits per heavy atom. The Kier molecular flexibility index (Phi) is 8.38. The lowest BCUT2D eigenvalue weighted by Gasteiger charge is -2.47. The lowest BCUT2D eigenvalue weighted by Crippen LogP contribution is -2.52. The first-order chi connectivity index (χ1) is 12.1. The van der Waals surface area contributed by atoms with Crippen LogP contribution in [0.2, 0.25) is 16.6 Å². The molecule has 0 N–H and O–H groups in total. The quantitative estimate of drug-likeness (QED) is 0.267. The van der Waals surface area contributed by atoms with Crippen molar-refractivity contribution in [1.29, 1.82) is 0 Å². The molecule has 1 rings (SSSR count). The Hall–Kier alpha value is -1.30. The summed E-state index contributed by atoms with van der Waals surface area (Å²) in [4.78, 5) is 0. The summed E-state index contributed by atoms with van der Waals surface area (Å²) in [5.41, 5.74) is 2.69. The van der Waals surface area contributed by atoms with Crippen LogP contribution in [0.15, 0.2) is 43.0 Å². The highest BCUT2D eigenvalue weighted by molar-refractivity contribution is 6.77. The van der Waals surface area contributed by atoms with E-state index in [2.05, 4.69) is 85.9 Å². The summed E-state index contributed by atoms with van der Waals surface area (Å²) in [5.74, 6) is 6.65. The molecule has 0 aliphatic carbocycles. The molecule has 0 radical (unpaired) electrons. The summed E-state index contributed by atoms with van der Waals surface area (Å²) in [5, 5.41) is 0. The molecule has 0 fully saturated rings. The molecule has 0 aliphatic heterocycles. The Labute approximate surface area is 163 Å². The van der Waals surface area contributed by atoms with Crippen LogP contribution in [0.4, 0.5) is 0 Å². The van der Waals surface area contributed by atoms with Crippen molar-refractivity contribution in [2.45, 2.75) is 84.5 Å². The van der Waals surface area contributed by atoms with Crippen molar-refractivity contribution in [3.05, 3.63) is 48.6 Å². The van der Waals surface area contributed by atoms with Gasteiger partial charge in [0.05, 0.1) is 6.10 Å². The third kappa shape index (κ3) is 5.35. The minimum Gasteiger partial charge on any atom is -0.409 e. The second-order valence-corrected chi connectivity index (χ2v) is 14.3. The highest BCUT2D eigenvalue weighted by atomic mass is 28.4. The van der Waals surface area contributed by atoms with E-state index in [1.165, 1.54) is 0 Å². The fourth-order valence-corrected chi connectivity index (χ4v) is 9.82. The standard InChI is InChI=1S/C24H38OSi/c1-10-23(25-26(19(2)3,20(4)5)21(6)7)24(8,9)18-14-17-22-15-12-11-13-16-22/h10-13,15-16,19-21,23H,1,18H2,2-9H3. The van der Waals surface area contributed by atoms with E-state index in [-0.39, 0.29) is 11.5 Å². The maximum atomic E-state index is 6.99. The van der Waals surface area contributed by atoms with E-state index in [0.717, 1.165) is 12.0 Å². The summed E-state index contributed by atoms with van der Waals surface area (Å²) in [6, 6.07) is 10.2. The van der Waals surface area contributed by atoms with Gasteiger partial charge < -0.3 is 4.43 Å². The van der Waals surface area contributed by atoms with E-state index in [4.69, 9.17) is 4.43 Å².